The number of carbonyl (C=O) groups excluding carboxylic acids is 1. The van der Waals surface area contributed by atoms with Crippen LogP contribution in [0.3, 0.4) is 0 Å². The first kappa shape index (κ1) is 21.9. The summed E-state index contributed by atoms with van der Waals surface area (Å²) in [4.78, 5) is 25.4. The van der Waals surface area contributed by atoms with Gasteiger partial charge in [-0.25, -0.2) is 8.78 Å². The van der Waals surface area contributed by atoms with E-state index < -0.39 is 17.3 Å². The van der Waals surface area contributed by atoms with Gasteiger partial charge in [-0.2, -0.15) is 0 Å². The second kappa shape index (κ2) is 8.92. The van der Waals surface area contributed by atoms with Crippen LogP contribution in [0, 0.1) is 11.6 Å². The van der Waals surface area contributed by atoms with Gasteiger partial charge in [-0.1, -0.05) is 12.1 Å². The van der Waals surface area contributed by atoms with E-state index in [4.69, 9.17) is 5.11 Å². The van der Waals surface area contributed by atoms with Gasteiger partial charge < -0.3 is 15.3 Å². The molecule has 1 atom stereocenters. The number of carboxylic acids is 1. The van der Waals surface area contributed by atoms with Crippen LogP contribution in [0.2, 0.25) is 0 Å². The van der Waals surface area contributed by atoms with Crippen LogP contribution in [0.15, 0.2) is 42.5 Å². The molecule has 1 heterocycles. The van der Waals surface area contributed by atoms with Crippen LogP contribution in [-0.4, -0.2) is 30.1 Å². The van der Waals surface area contributed by atoms with Gasteiger partial charge >= 0.3 is 5.97 Å². The zero-order valence-electron chi connectivity index (χ0n) is 17.1. The van der Waals surface area contributed by atoms with Crippen molar-refractivity contribution in [2.75, 3.05) is 18.0 Å². The highest BCUT2D eigenvalue weighted by Crippen LogP contribution is 2.39. The van der Waals surface area contributed by atoms with Crippen molar-refractivity contribution in [2.24, 2.45) is 0 Å². The molecule has 1 aliphatic heterocycles. The number of carbonyl (C=O) groups is 2. The third-order valence-electron chi connectivity index (χ3n) is 5.60. The first-order valence-electron chi connectivity index (χ1n) is 10.00. The second-order valence-corrected chi connectivity index (χ2v) is 8.15. The van der Waals surface area contributed by atoms with Crippen molar-refractivity contribution in [1.29, 1.82) is 0 Å². The average Bonchev–Trinajstić information content (AvgIpc) is 3.04. The van der Waals surface area contributed by atoms with E-state index in [9.17, 15) is 18.4 Å². The second-order valence-electron chi connectivity index (χ2n) is 8.15. The molecule has 0 radical (unpaired) electrons. The van der Waals surface area contributed by atoms with Crippen LogP contribution in [0.4, 0.5) is 14.5 Å². The van der Waals surface area contributed by atoms with E-state index in [0.717, 1.165) is 5.56 Å². The Bertz CT molecular complexity index is 929. The van der Waals surface area contributed by atoms with Gasteiger partial charge in [-0.05, 0) is 61.7 Å². The standard InChI is InChI=1S/C23H26F2N2O3/c1-23(2,16-4-6-17(24)7-5-16)26-12-11-21(28)27-14-15(3-10-22(29)30)19-13-18(25)8-9-20(19)27/h4-9,13,15,26H,3,10-12,14H2,1-2H3,(H,29,30). The lowest BCUT2D eigenvalue weighted by atomic mass is 9.94. The number of aliphatic carboxylic acids is 1. The zero-order valence-corrected chi connectivity index (χ0v) is 17.1. The van der Waals surface area contributed by atoms with Crippen molar-refractivity contribution in [3.8, 4) is 0 Å². The Hall–Kier alpha value is -2.80. The maximum Gasteiger partial charge on any atom is 0.303 e. The van der Waals surface area contributed by atoms with Crippen LogP contribution >= 0.6 is 0 Å². The van der Waals surface area contributed by atoms with Gasteiger partial charge in [0.1, 0.15) is 11.6 Å². The van der Waals surface area contributed by atoms with E-state index in [1.54, 1.807) is 23.1 Å². The Balaban J connectivity index is 1.64. The smallest absolute Gasteiger partial charge is 0.303 e. The van der Waals surface area contributed by atoms with Gasteiger partial charge in [-0.15, -0.1) is 0 Å². The number of nitrogens with one attached hydrogen (secondary N) is 1. The highest BCUT2D eigenvalue weighted by Gasteiger charge is 2.33. The maximum atomic E-state index is 13.7. The summed E-state index contributed by atoms with van der Waals surface area (Å²) >= 11 is 0. The lowest BCUT2D eigenvalue weighted by Gasteiger charge is -2.27. The summed E-state index contributed by atoms with van der Waals surface area (Å²) in [7, 11) is 0. The molecule has 0 spiro atoms. The number of halogens is 2. The molecule has 0 aliphatic carbocycles. The molecule has 1 aliphatic rings. The van der Waals surface area contributed by atoms with Gasteiger partial charge in [0.2, 0.25) is 5.91 Å². The Labute approximate surface area is 174 Å². The van der Waals surface area contributed by atoms with Crippen LogP contribution in [0.1, 0.15) is 50.2 Å². The van der Waals surface area contributed by atoms with E-state index in [2.05, 4.69) is 5.32 Å². The molecule has 2 aromatic rings. The molecular formula is C23H26F2N2O3. The fourth-order valence-corrected chi connectivity index (χ4v) is 3.88. The number of rotatable bonds is 8. The third-order valence-corrected chi connectivity index (χ3v) is 5.60. The molecule has 2 N–H and O–H groups in total. The van der Waals surface area contributed by atoms with E-state index in [-0.39, 0.29) is 30.5 Å². The van der Waals surface area contributed by atoms with Gasteiger partial charge in [0.15, 0.2) is 0 Å². The zero-order chi connectivity index (χ0) is 21.9. The molecule has 30 heavy (non-hydrogen) atoms. The highest BCUT2D eigenvalue weighted by molar-refractivity contribution is 5.96. The van der Waals surface area contributed by atoms with Crippen LogP contribution in [-0.2, 0) is 15.1 Å². The van der Waals surface area contributed by atoms with Crippen molar-refractivity contribution in [3.63, 3.8) is 0 Å². The van der Waals surface area contributed by atoms with E-state index in [1.807, 2.05) is 13.8 Å². The minimum absolute atomic E-state index is 0.0317. The van der Waals surface area contributed by atoms with Crippen molar-refractivity contribution in [1.82, 2.24) is 5.32 Å². The van der Waals surface area contributed by atoms with Crippen molar-refractivity contribution in [2.45, 2.75) is 44.6 Å². The molecule has 1 unspecified atom stereocenters. The predicted octanol–water partition coefficient (Wildman–Crippen LogP) is 4.17. The molecule has 0 fully saturated rings. The summed E-state index contributed by atoms with van der Waals surface area (Å²) in [5.74, 6) is -1.91. The molecule has 0 saturated carbocycles. The lowest BCUT2D eigenvalue weighted by molar-refractivity contribution is -0.137. The van der Waals surface area contributed by atoms with Crippen molar-refractivity contribution >= 4 is 17.6 Å². The SMILES string of the molecule is CC(C)(NCCC(=O)N1CC(CCC(=O)O)c2cc(F)ccc21)c1ccc(F)cc1. The van der Waals surface area contributed by atoms with Crippen LogP contribution in [0.25, 0.3) is 0 Å². The number of carboxylic acid groups (broad SMARTS) is 1. The summed E-state index contributed by atoms with van der Waals surface area (Å²) in [6.45, 7) is 4.68. The predicted molar refractivity (Wildman–Crippen MR) is 110 cm³/mol. The Morgan fingerprint density at radius 1 is 1.10 bits per heavy atom. The average molecular weight is 416 g/mol. The summed E-state index contributed by atoms with van der Waals surface area (Å²) in [6.07, 6.45) is 0.550. The molecule has 0 saturated heterocycles. The van der Waals surface area contributed by atoms with Crippen molar-refractivity contribution < 1.29 is 23.5 Å². The number of nitrogens with zero attached hydrogens (tertiary/aromatic N) is 1. The molecule has 3 rings (SSSR count). The first-order chi connectivity index (χ1) is 14.2. The Morgan fingerprint density at radius 3 is 2.43 bits per heavy atom. The molecule has 160 valence electrons. The molecule has 2 aromatic carbocycles. The maximum absolute atomic E-state index is 13.7. The number of anilines is 1. The summed E-state index contributed by atoms with van der Waals surface area (Å²) in [6, 6.07) is 10.5. The molecule has 0 bridgehead atoms. The number of hydrogen-bond donors (Lipinski definition) is 2. The molecule has 1 amide bonds. The molecule has 0 aromatic heterocycles. The fourth-order valence-electron chi connectivity index (χ4n) is 3.88. The number of amides is 1. The minimum atomic E-state index is -0.912. The normalized spacial score (nSPS) is 15.9. The van der Waals surface area contributed by atoms with E-state index in [0.29, 0.717) is 30.8 Å². The topological polar surface area (TPSA) is 69.6 Å². The van der Waals surface area contributed by atoms with Gasteiger partial charge in [0.25, 0.3) is 0 Å². The van der Waals surface area contributed by atoms with Crippen molar-refractivity contribution in [3.05, 3.63) is 65.2 Å². The largest absolute Gasteiger partial charge is 0.481 e. The number of benzene rings is 2. The molecular weight excluding hydrogens is 390 g/mol. The minimum Gasteiger partial charge on any atom is -0.481 e. The first-order valence-corrected chi connectivity index (χ1v) is 10.00. The summed E-state index contributed by atoms with van der Waals surface area (Å²) < 4.78 is 26.9. The van der Waals surface area contributed by atoms with Crippen LogP contribution in [0.5, 0.6) is 0 Å². The molecule has 5 nitrogen and oxygen atoms in total. The number of hydrogen-bond acceptors (Lipinski definition) is 3. The van der Waals surface area contributed by atoms with Gasteiger partial charge in [0, 0.05) is 43.1 Å². The summed E-state index contributed by atoms with van der Waals surface area (Å²) in [5.41, 5.74) is 1.80. The number of fused-ring (bicyclic) bond motifs is 1. The highest BCUT2D eigenvalue weighted by atomic mass is 19.1. The lowest BCUT2D eigenvalue weighted by Crippen LogP contribution is -2.40. The van der Waals surface area contributed by atoms with Crippen LogP contribution < -0.4 is 10.2 Å². The molecule has 7 heteroatoms. The fraction of sp³-hybridized carbons (Fsp3) is 0.391. The van der Waals surface area contributed by atoms with E-state index in [1.165, 1.54) is 24.3 Å². The van der Waals surface area contributed by atoms with Gasteiger partial charge in [-0.3, -0.25) is 9.59 Å². The summed E-state index contributed by atoms with van der Waals surface area (Å²) in [5, 5.41) is 12.3. The monoisotopic (exact) mass is 416 g/mol. The quantitative estimate of drug-likeness (QED) is 0.678. The van der Waals surface area contributed by atoms with E-state index >= 15 is 0 Å². The third kappa shape index (κ3) is 5.02. The Kier molecular flexibility index (Phi) is 6.51. The Morgan fingerprint density at radius 2 is 1.77 bits per heavy atom. The van der Waals surface area contributed by atoms with Gasteiger partial charge in [0.05, 0.1) is 0 Å².